The van der Waals surface area contributed by atoms with Gasteiger partial charge in [0.05, 0.1) is 39.8 Å². The molecule has 6 aromatic carbocycles. The summed E-state index contributed by atoms with van der Waals surface area (Å²) in [7, 11) is 0. The molecule has 0 spiro atoms. The van der Waals surface area contributed by atoms with Crippen molar-refractivity contribution in [2.45, 2.75) is 6.54 Å². The van der Waals surface area contributed by atoms with Gasteiger partial charge in [0, 0.05) is 48.6 Å². The maximum atomic E-state index is 6.49. The zero-order valence-corrected chi connectivity index (χ0v) is 27.8. The van der Waals surface area contributed by atoms with Crippen LogP contribution in [0.5, 0.6) is 0 Å². The van der Waals surface area contributed by atoms with Crippen molar-refractivity contribution in [1.82, 2.24) is 8.97 Å². The maximum absolute atomic E-state index is 6.49. The number of benzene rings is 6. The fourth-order valence-electron chi connectivity index (χ4n) is 7.26. The number of allylic oxidation sites excluding steroid dienone is 1. The molecule has 6 heteroatoms. The highest BCUT2D eigenvalue weighted by molar-refractivity contribution is 6.31. The van der Waals surface area contributed by atoms with Gasteiger partial charge in [0.1, 0.15) is 5.82 Å². The third-order valence-electron chi connectivity index (χ3n) is 9.34. The third kappa shape index (κ3) is 4.83. The molecule has 0 radical (unpaired) electrons. The summed E-state index contributed by atoms with van der Waals surface area (Å²) >= 11 is 12.8. The summed E-state index contributed by atoms with van der Waals surface area (Å²) in [5.41, 5.74) is 8.21. The molecular weight excluding hydrogens is 643 g/mol. The van der Waals surface area contributed by atoms with Crippen LogP contribution in [0.3, 0.4) is 0 Å². The van der Waals surface area contributed by atoms with Crippen molar-refractivity contribution in [3.05, 3.63) is 167 Å². The van der Waals surface area contributed by atoms with E-state index in [2.05, 4.69) is 112 Å². The molecular formula is C43H28Cl2N4. The monoisotopic (exact) mass is 670 g/mol. The van der Waals surface area contributed by atoms with Gasteiger partial charge < -0.3 is 4.40 Å². The number of halogens is 2. The minimum Gasteiger partial charge on any atom is -0.308 e. The number of aromatic nitrogens is 2. The van der Waals surface area contributed by atoms with Crippen LogP contribution in [0.15, 0.2) is 156 Å². The van der Waals surface area contributed by atoms with Crippen LogP contribution in [0.2, 0.25) is 10.0 Å². The molecule has 0 fully saturated rings. The molecule has 0 saturated carbocycles. The highest BCUT2D eigenvalue weighted by Crippen LogP contribution is 2.41. The van der Waals surface area contributed by atoms with Crippen LogP contribution in [0.4, 0.5) is 0 Å². The molecule has 0 atom stereocenters. The van der Waals surface area contributed by atoms with Crippen molar-refractivity contribution >= 4 is 101 Å². The Balaban J connectivity index is 1.35. The molecule has 0 saturated heterocycles. The Labute approximate surface area is 292 Å². The van der Waals surface area contributed by atoms with E-state index in [1.54, 1.807) is 0 Å². The van der Waals surface area contributed by atoms with Crippen molar-refractivity contribution < 1.29 is 0 Å². The molecule has 0 aliphatic carbocycles. The average Bonchev–Trinajstić information content (AvgIpc) is 3.69. The second-order valence-electron chi connectivity index (χ2n) is 12.2. The van der Waals surface area contributed by atoms with Crippen molar-refractivity contribution in [3.63, 3.8) is 0 Å². The molecule has 0 unspecified atom stereocenters. The summed E-state index contributed by atoms with van der Waals surface area (Å²) < 4.78 is 4.62. The van der Waals surface area contributed by atoms with Crippen LogP contribution >= 0.6 is 23.2 Å². The van der Waals surface area contributed by atoms with E-state index in [0.29, 0.717) is 22.4 Å². The van der Waals surface area contributed by atoms with Gasteiger partial charge in [-0.25, -0.2) is 4.99 Å². The normalized spacial score (nSPS) is 12.7. The van der Waals surface area contributed by atoms with Gasteiger partial charge in [0.15, 0.2) is 0 Å². The van der Waals surface area contributed by atoms with Crippen molar-refractivity contribution in [2.24, 2.45) is 9.98 Å². The topological polar surface area (TPSA) is 34.1 Å². The number of fused-ring (bicyclic) bond motifs is 12. The summed E-state index contributed by atoms with van der Waals surface area (Å²) in [5.74, 6) is 0.659. The third-order valence-corrected chi connectivity index (χ3v) is 9.81. The first-order valence-corrected chi connectivity index (χ1v) is 16.8. The minimum atomic E-state index is 0.439. The van der Waals surface area contributed by atoms with E-state index in [-0.39, 0.29) is 0 Å². The van der Waals surface area contributed by atoms with E-state index in [1.807, 2.05) is 54.6 Å². The van der Waals surface area contributed by atoms with Gasteiger partial charge in [-0.3, -0.25) is 9.56 Å². The van der Waals surface area contributed by atoms with Gasteiger partial charge in [-0.2, -0.15) is 0 Å². The average molecular weight is 672 g/mol. The predicted molar refractivity (Wildman–Crippen MR) is 210 cm³/mol. The van der Waals surface area contributed by atoms with Gasteiger partial charge >= 0.3 is 0 Å². The highest BCUT2D eigenvalue weighted by atomic mass is 35.5. The van der Waals surface area contributed by atoms with Gasteiger partial charge in [-0.1, -0.05) is 114 Å². The number of pyridine rings is 1. The molecule has 3 aromatic heterocycles. The van der Waals surface area contributed by atoms with E-state index < -0.39 is 0 Å². The van der Waals surface area contributed by atoms with Crippen LogP contribution < -0.4 is 0 Å². The standard InChI is InChI=1S/C43H28Cl2N4/c1-46-41(25-36(28-11-9-13-31(45)23-28)47-26-27-10-8-12-30(44)22-27)48-38-19-7-5-17-35(38)42-39(48)21-20-29-24-40-34-16-3-2-14-32(34)33-15-4-6-18-37(33)49(40)43(29)42/h2-25H,1,26H2/b41-25+,47-36?. The summed E-state index contributed by atoms with van der Waals surface area (Å²) in [5, 5.41) is 8.47. The Bertz CT molecular complexity index is 2850. The Morgan fingerprint density at radius 1 is 0.612 bits per heavy atom. The summed E-state index contributed by atoms with van der Waals surface area (Å²) in [6.07, 6.45) is 2.00. The van der Waals surface area contributed by atoms with Crippen LogP contribution in [0, 0.1) is 0 Å². The minimum absolute atomic E-state index is 0.439. The Kier molecular flexibility index (Phi) is 7.08. The molecule has 0 aliphatic rings. The quantitative estimate of drug-likeness (QED) is 0.125. The van der Waals surface area contributed by atoms with E-state index in [1.165, 1.54) is 32.6 Å². The largest absolute Gasteiger partial charge is 0.308 e. The summed E-state index contributed by atoms with van der Waals surface area (Å²) in [6.45, 7) is 4.50. The molecule has 0 bridgehead atoms. The number of hydrogen-bond donors (Lipinski definition) is 0. The molecule has 9 rings (SSSR count). The molecule has 3 heterocycles. The van der Waals surface area contributed by atoms with Gasteiger partial charge in [0.25, 0.3) is 0 Å². The van der Waals surface area contributed by atoms with Crippen molar-refractivity contribution in [3.8, 4) is 0 Å². The van der Waals surface area contributed by atoms with Crippen LogP contribution in [0.25, 0.3) is 65.7 Å². The van der Waals surface area contributed by atoms with Crippen LogP contribution in [-0.4, -0.2) is 21.4 Å². The van der Waals surface area contributed by atoms with Crippen LogP contribution in [0.1, 0.15) is 11.1 Å². The molecule has 49 heavy (non-hydrogen) atoms. The van der Waals surface area contributed by atoms with Gasteiger partial charge in [0.2, 0.25) is 0 Å². The Morgan fingerprint density at radius 2 is 1.29 bits per heavy atom. The van der Waals surface area contributed by atoms with E-state index >= 15 is 0 Å². The first-order chi connectivity index (χ1) is 24.1. The van der Waals surface area contributed by atoms with Crippen LogP contribution in [-0.2, 0) is 6.54 Å². The predicted octanol–water partition coefficient (Wildman–Crippen LogP) is 12.0. The Morgan fingerprint density at radius 3 is 2.04 bits per heavy atom. The lowest BCUT2D eigenvalue weighted by atomic mass is 10.1. The van der Waals surface area contributed by atoms with E-state index in [4.69, 9.17) is 28.2 Å². The van der Waals surface area contributed by atoms with E-state index in [0.717, 1.165) is 44.2 Å². The first-order valence-electron chi connectivity index (χ1n) is 16.1. The number of para-hydroxylation sites is 2. The lowest BCUT2D eigenvalue weighted by Gasteiger charge is -2.11. The molecule has 4 nitrogen and oxygen atoms in total. The van der Waals surface area contributed by atoms with Crippen molar-refractivity contribution in [2.75, 3.05) is 0 Å². The zero-order valence-electron chi connectivity index (χ0n) is 26.3. The molecule has 0 amide bonds. The van der Waals surface area contributed by atoms with E-state index in [9.17, 15) is 0 Å². The fraction of sp³-hybridized carbons (Fsp3) is 0.0233. The Hall–Kier alpha value is -5.68. The van der Waals surface area contributed by atoms with Gasteiger partial charge in [-0.15, -0.1) is 0 Å². The molecule has 9 aromatic rings. The first kappa shape index (κ1) is 29.5. The lowest BCUT2D eigenvalue weighted by Crippen LogP contribution is -2.03. The second kappa shape index (κ2) is 11.8. The molecule has 0 N–H and O–H groups in total. The zero-order chi connectivity index (χ0) is 33.1. The number of nitrogens with zero attached hydrogens (tertiary/aromatic N) is 4. The van der Waals surface area contributed by atoms with Gasteiger partial charge in [-0.05, 0) is 66.2 Å². The second-order valence-corrected chi connectivity index (χ2v) is 13.1. The smallest absolute Gasteiger partial charge is 0.138 e. The number of hydrogen-bond acceptors (Lipinski definition) is 2. The molecule has 0 aliphatic heterocycles. The fourth-order valence-corrected chi connectivity index (χ4v) is 7.67. The maximum Gasteiger partial charge on any atom is 0.138 e. The lowest BCUT2D eigenvalue weighted by molar-refractivity contribution is 1.07. The number of aliphatic imine (C=N–C) groups is 2. The number of rotatable bonds is 6. The highest BCUT2D eigenvalue weighted by Gasteiger charge is 2.20. The molecule has 234 valence electrons. The SMILES string of the molecule is C=N/C(=C\C(=NCc1cccc(Cl)c1)c1cccc(Cl)c1)n1c2ccccc2c2c1ccc1cc3c4ccccc4c4ccccc4n3c12. The van der Waals surface area contributed by atoms with Crippen molar-refractivity contribution in [1.29, 1.82) is 0 Å². The summed E-state index contributed by atoms with van der Waals surface area (Å²) in [6, 6.07) is 48.1. The summed E-state index contributed by atoms with van der Waals surface area (Å²) in [4.78, 5) is 9.71.